The van der Waals surface area contributed by atoms with Gasteiger partial charge in [-0.15, -0.1) is 10.2 Å². The molecule has 0 bridgehead atoms. The van der Waals surface area contributed by atoms with Gasteiger partial charge in [-0.05, 0) is 43.2 Å². The van der Waals surface area contributed by atoms with Gasteiger partial charge in [0.05, 0.1) is 6.26 Å². The van der Waals surface area contributed by atoms with Crippen LogP contribution in [0.25, 0.3) is 17.5 Å². The van der Waals surface area contributed by atoms with Gasteiger partial charge in [-0.1, -0.05) is 18.6 Å². The number of nitrogens with one attached hydrogen (secondary N) is 1. The summed E-state index contributed by atoms with van der Waals surface area (Å²) in [6.45, 7) is 0.945. The van der Waals surface area contributed by atoms with Gasteiger partial charge >= 0.3 is 0 Å². The highest BCUT2D eigenvalue weighted by Gasteiger charge is 2.16. The molecule has 0 atom stereocenters. The molecular formula is C20H20N4O2. The molecule has 1 N–H and O–H groups in total. The van der Waals surface area contributed by atoms with Crippen LogP contribution in [0, 0.1) is 0 Å². The average Bonchev–Trinajstić information content (AvgIpc) is 3.25. The van der Waals surface area contributed by atoms with E-state index in [1.807, 2.05) is 24.3 Å². The highest BCUT2D eigenvalue weighted by molar-refractivity contribution is 6.02. The third-order valence-electron chi connectivity index (χ3n) is 4.44. The van der Waals surface area contributed by atoms with Crippen molar-refractivity contribution in [1.29, 1.82) is 0 Å². The Morgan fingerprint density at radius 2 is 2.12 bits per heavy atom. The lowest BCUT2D eigenvalue weighted by Gasteiger charge is -2.08. The van der Waals surface area contributed by atoms with Crippen LogP contribution >= 0.6 is 0 Å². The molecule has 0 saturated heterocycles. The molecule has 0 unspecified atom stereocenters. The second-order valence-electron chi connectivity index (χ2n) is 6.32. The topological polar surface area (TPSA) is 73.0 Å². The fourth-order valence-electron chi connectivity index (χ4n) is 3.16. The Hall–Kier alpha value is -3.15. The SMILES string of the molecule is O=C(/C=C/c1ccco1)Nc1cccc(-c2nnc3n2CCCCC3)c1. The summed E-state index contributed by atoms with van der Waals surface area (Å²) >= 11 is 0. The van der Waals surface area contributed by atoms with Crippen LogP contribution in [0.2, 0.25) is 0 Å². The smallest absolute Gasteiger partial charge is 0.248 e. The van der Waals surface area contributed by atoms with Crippen molar-refractivity contribution in [2.75, 3.05) is 5.32 Å². The fourth-order valence-corrected chi connectivity index (χ4v) is 3.16. The Morgan fingerprint density at radius 3 is 3.00 bits per heavy atom. The number of fused-ring (bicyclic) bond motifs is 1. The first-order valence-electron chi connectivity index (χ1n) is 8.85. The van der Waals surface area contributed by atoms with Crippen LogP contribution in [0.1, 0.15) is 30.8 Å². The average molecular weight is 348 g/mol. The lowest BCUT2D eigenvalue weighted by atomic mass is 10.2. The number of amides is 1. The van der Waals surface area contributed by atoms with Crippen LogP contribution in [-0.2, 0) is 17.8 Å². The molecule has 3 heterocycles. The summed E-state index contributed by atoms with van der Waals surface area (Å²) < 4.78 is 7.38. The Bertz CT molecular complexity index is 925. The van der Waals surface area contributed by atoms with Crippen molar-refractivity contribution < 1.29 is 9.21 Å². The largest absolute Gasteiger partial charge is 0.465 e. The van der Waals surface area contributed by atoms with Crippen molar-refractivity contribution in [3.8, 4) is 11.4 Å². The van der Waals surface area contributed by atoms with E-state index in [0.29, 0.717) is 5.76 Å². The van der Waals surface area contributed by atoms with Crippen LogP contribution in [0.4, 0.5) is 5.69 Å². The van der Waals surface area contributed by atoms with E-state index in [0.717, 1.165) is 48.7 Å². The minimum atomic E-state index is -0.210. The first-order valence-corrected chi connectivity index (χ1v) is 8.85. The molecule has 0 saturated carbocycles. The molecule has 2 aromatic heterocycles. The van der Waals surface area contributed by atoms with Gasteiger partial charge in [-0.25, -0.2) is 0 Å². The Balaban J connectivity index is 1.52. The van der Waals surface area contributed by atoms with E-state index in [9.17, 15) is 4.79 Å². The van der Waals surface area contributed by atoms with E-state index in [4.69, 9.17) is 4.42 Å². The molecule has 0 spiro atoms. The van der Waals surface area contributed by atoms with Gasteiger partial charge in [0.2, 0.25) is 5.91 Å². The summed E-state index contributed by atoms with van der Waals surface area (Å²) in [6.07, 6.45) is 9.17. The molecule has 3 aromatic rings. The molecule has 1 aromatic carbocycles. The van der Waals surface area contributed by atoms with Crippen molar-refractivity contribution in [3.05, 3.63) is 60.3 Å². The van der Waals surface area contributed by atoms with Crippen LogP contribution in [0.5, 0.6) is 0 Å². The maximum atomic E-state index is 12.1. The Labute approximate surface area is 151 Å². The van der Waals surface area contributed by atoms with E-state index in [1.165, 1.54) is 12.5 Å². The second-order valence-corrected chi connectivity index (χ2v) is 6.32. The highest BCUT2D eigenvalue weighted by atomic mass is 16.3. The lowest BCUT2D eigenvalue weighted by Crippen LogP contribution is -2.08. The van der Waals surface area contributed by atoms with Crippen LogP contribution in [0.15, 0.2) is 53.2 Å². The predicted octanol–water partition coefficient (Wildman–Crippen LogP) is 3.92. The number of aryl methyl sites for hydroxylation is 1. The number of hydrogen-bond donors (Lipinski definition) is 1. The number of furan rings is 1. The van der Waals surface area contributed by atoms with Gasteiger partial charge in [-0.2, -0.15) is 0 Å². The van der Waals surface area contributed by atoms with E-state index >= 15 is 0 Å². The van der Waals surface area contributed by atoms with Crippen molar-refractivity contribution >= 4 is 17.7 Å². The maximum Gasteiger partial charge on any atom is 0.248 e. The summed E-state index contributed by atoms with van der Waals surface area (Å²) in [7, 11) is 0. The summed E-state index contributed by atoms with van der Waals surface area (Å²) in [5.41, 5.74) is 1.68. The summed E-state index contributed by atoms with van der Waals surface area (Å²) in [4.78, 5) is 12.1. The molecule has 4 rings (SSSR count). The molecule has 132 valence electrons. The summed E-state index contributed by atoms with van der Waals surface area (Å²) in [5, 5.41) is 11.6. The minimum absolute atomic E-state index is 0.210. The molecule has 6 nitrogen and oxygen atoms in total. The number of nitrogens with zero attached hydrogens (tertiary/aromatic N) is 3. The van der Waals surface area contributed by atoms with Gasteiger partial charge in [0.1, 0.15) is 11.6 Å². The second kappa shape index (κ2) is 7.39. The number of carbonyl (C=O) groups excluding carboxylic acids is 1. The molecule has 0 aliphatic carbocycles. The molecule has 26 heavy (non-hydrogen) atoms. The first kappa shape index (κ1) is 16.3. The number of benzene rings is 1. The van der Waals surface area contributed by atoms with Crippen LogP contribution in [-0.4, -0.2) is 20.7 Å². The zero-order chi connectivity index (χ0) is 17.8. The molecule has 1 amide bonds. The van der Waals surface area contributed by atoms with Gasteiger partial charge in [-0.3, -0.25) is 4.79 Å². The Kier molecular flexibility index (Phi) is 4.64. The standard InChI is InChI=1S/C20H20N4O2/c25-19(11-10-17-8-5-13-26-17)21-16-7-4-6-15(14-16)20-23-22-18-9-2-1-3-12-24(18)20/h4-8,10-11,13-14H,1-3,9,12H2,(H,21,25)/b11-10+. The number of anilines is 1. The van der Waals surface area contributed by atoms with Gasteiger partial charge in [0.15, 0.2) is 5.82 Å². The molecule has 1 aliphatic rings. The minimum Gasteiger partial charge on any atom is -0.465 e. The quantitative estimate of drug-likeness (QED) is 0.725. The van der Waals surface area contributed by atoms with Crippen molar-refractivity contribution in [3.63, 3.8) is 0 Å². The summed E-state index contributed by atoms with van der Waals surface area (Å²) in [5.74, 6) is 2.34. The monoisotopic (exact) mass is 348 g/mol. The van der Waals surface area contributed by atoms with Gasteiger partial charge < -0.3 is 14.3 Å². The van der Waals surface area contributed by atoms with E-state index in [1.54, 1.807) is 24.5 Å². The predicted molar refractivity (Wildman–Crippen MR) is 99.4 cm³/mol. The van der Waals surface area contributed by atoms with E-state index in [2.05, 4.69) is 20.1 Å². The molecular weight excluding hydrogens is 328 g/mol. The zero-order valence-corrected chi connectivity index (χ0v) is 14.4. The molecule has 1 aliphatic heterocycles. The third kappa shape index (κ3) is 3.59. The molecule has 0 fully saturated rings. The summed E-state index contributed by atoms with van der Waals surface area (Å²) in [6, 6.07) is 11.3. The van der Waals surface area contributed by atoms with Crippen molar-refractivity contribution in [1.82, 2.24) is 14.8 Å². The number of aromatic nitrogens is 3. The number of rotatable bonds is 4. The molecule has 0 radical (unpaired) electrons. The van der Waals surface area contributed by atoms with E-state index in [-0.39, 0.29) is 5.91 Å². The normalized spacial score (nSPS) is 14.2. The van der Waals surface area contributed by atoms with Crippen molar-refractivity contribution in [2.24, 2.45) is 0 Å². The Morgan fingerprint density at radius 1 is 1.15 bits per heavy atom. The van der Waals surface area contributed by atoms with Crippen LogP contribution < -0.4 is 5.32 Å². The molecule has 6 heteroatoms. The zero-order valence-electron chi connectivity index (χ0n) is 14.4. The highest BCUT2D eigenvalue weighted by Crippen LogP contribution is 2.24. The van der Waals surface area contributed by atoms with Crippen LogP contribution in [0.3, 0.4) is 0 Å². The number of carbonyl (C=O) groups is 1. The van der Waals surface area contributed by atoms with Gasteiger partial charge in [0, 0.05) is 30.3 Å². The van der Waals surface area contributed by atoms with Crippen molar-refractivity contribution in [2.45, 2.75) is 32.2 Å². The third-order valence-corrected chi connectivity index (χ3v) is 4.44. The van der Waals surface area contributed by atoms with Gasteiger partial charge in [0.25, 0.3) is 0 Å². The lowest BCUT2D eigenvalue weighted by molar-refractivity contribution is -0.111. The maximum absolute atomic E-state index is 12.1. The first-order chi connectivity index (χ1) is 12.8. The number of hydrogen-bond acceptors (Lipinski definition) is 4. The fraction of sp³-hybridized carbons (Fsp3) is 0.250. The van der Waals surface area contributed by atoms with E-state index < -0.39 is 0 Å².